The van der Waals surface area contributed by atoms with Crippen LogP contribution in [-0.2, 0) is 4.74 Å². The molecule has 0 radical (unpaired) electrons. The number of morpholine rings is 1. The first kappa shape index (κ1) is 11.0. The molecule has 0 aliphatic carbocycles. The lowest BCUT2D eigenvalue weighted by Crippen LogP contribution is -2.45. The highest BCUT2D eigenvalue weighted by Crippen LogP contribution is 2.28. The molecule has 2 rings (SSSR count). The lowest BCUT2D eigenvalue weighted by Gasteiger charge is -2.37. The fraction of sp³-hybridized carbons (Fsp3) is 0.500. The number of hydrogen-bond donors (Lipinski definition) is 0. The number of halogens is 1. The Bertz CT molecular complexity index is 332. The van der Waals surface area contributed by atoms with Crippen LogP contribution < -0.4 is 4.90 Å². The molecule has 0 aromatic heterocycles. The van der Waals surface area contributed by atoms with Gasteiger partial charge in [0.1, 0.15) is 0 Å². The van der Waals surface area contributed by atoms with E-state index in [-0.39, 0.29) is 0 Å². The molecule has 1 aliphatic heterocycles. The normalized spacial score (nSPS) is 26.7. The van der Waals surface area contributed by atoms with Gasteiger partial charge in [-0.15, -0.1) is 0 Å². The van der Waals surface area contributed by atoms with Crippen molar-refractivity contribution in [3.8, 4) is 0 Å². The number of para-hydroxylation sites is 1. The largest absolute Gasteiger partial charge is 0.372 e. The molecule has 1 saturated heterocycles. The van der Waals surface area contributed by atoms with Crippen molar-refractivity contribution in [1.82, 2.24) is 0 Å². The van der Waals surface area contributed by atoms with Crippen LogP contribution in [0.3, 0.4) is 0 Å². The van der Waals surface area contributed by atoms with E-state index in [0.29, 0.717) is 12.2 Å². The Morgan fingerprint density at radius 2 is 1.80 bits per heavy atom. The molecule has 82 valence electrons. The van der Waals surface area contributed by atoms with Gasteiger partial charge >= 0.3 is 0 Å². The third-order valence-electron chi connectivity index (χ3n) is 2.61. The Morgan fingerprint density at radius 1 is 1.20 bits per heavy atom. The van der Waals surface area contributed by atoms with Gasteiger partial charge in [-0.2, -0.15) is 0 Å². The standard InChI is InChI=1S/C12H16BrNO/c1-9-7-14(8-10(2)15-9)12-6-4-3-5-11(12)13/h3-6,9-10H,7-8H2,1-2H3/t9-,10+. The maximum Gasteiger partial charge on any atom is 0.0726 e. The number of benzene rings is 1. The minimum Gasteiger partial charge on any atom is -0.372 e. The molecule has 0 amide bonds. The molecule has 1 aromatic carbocycles. The van der Waals surface area contributed by atoms with Gasteiger partial charge in [-0.1, -0.05) is 12.1 Å². The molecule has 0 bridgehead atoms. The Balaban J connectivity index is 2.20. The Morgan fingerprint density at radius 3 is 2.40 bits per heavy atom. The summed E-state index contributed by atoms with van der Waals surface area (Å²) in [6, 6.07) is 8.35. The molecule has 2 atom stereocenters. The van der Waals surface area contributed by atoms with Crippen LogP contribution in [-0.4, -0.2) is 25.3 Å². The van der Waals surface area contributed by atoms with Crippen LogP contribution in [0.2, 0.25) is 0 Å². The summed E-state index contributed by atoms with van der Waals surface area (Å²) in [6.07, 6.45) is 0.613. The van der Waals surface area contributed by atoms with Crippen molar-refractivity contribution in [1.29, 1.82) is 0 Å². The van der Waals surface area contributed by atoms with Gasteiger partial charge in [-0.25, -0.2) is 0 Å². The zero-order valence-electron chi connectivity index (χ0n) is 9.11. The number of rotatable bonds is 1. The predicted molar refractivity (Wildman–Crippen MR) is 66.4 cm³/mol. The van der Waals surface area contributed by atoms with Crippen LogP contribution in [0, 0.1) is 0 Å². The monoisotopic (exact) mass is 269 g/mol. The van der Waals surface area contributed by atoms with Crippen LogP contribution in [0.1, 0.15) is 13.8 Å². The van der Waals surface area contributed by atoms with Crippen molar-refractivity contribution in [2.24, 2.45) is 0 Å². The minimum absolute atomic E-state index is 0.306. The number of hydrogen-bond acceptors (Lipinski definition) is 2. The Kier molecular flexibility index (Phi) is 3.32. The molecule has 15 heavy (non-hydrogen) atoms. The van der Waals surface area contributed by atoms with Crippen LogP contribution in [0.15, 0.2) is 28.7 Å². The van der Waals surface area contributed by atoms with Crippen molar-refractivity contribution in [2.45, 2.75) is 26.1 Å². The zero-order valence-corrected chi connectivity index (χ0v) is 10.7. The Hall–Kier alpha value is -0.540. The van der Waals surface area contributed by atoms with E-state index in [2.05, 4.69) is 52.9 Å². The van der Waals surface area contributed by atoms with E-state index in [4.69, 9.17) is 4.74 Å². The highest BCUT2D eigenvalue weighted by Gasteiger charge is 2.23. The molecule has 1 fully saturated rings. The fourth-order valence-corrected chi connectivity index (χ4v) is 2.62. The van der Waals surface area contributed by atoms with E-state index in [1.54, 1.807) is 0 Å². The summed E-state index contributed by atoms with van der Waals surface area (Å²) in [7, 11) is 0. The third kappa shape index (κ3) is 2.52. The lowest BCUT2D eigenvalue weighted by atomic mass is 10.2. The maximum absolute atomic E-state index is 5.72. The fourth-order valence-electron chi connectivity index (χ4n) is 2.08. The van der Waals surface area contributed by atoms with E-state index >= 15 is 0 Å². The van der Waals surface area contributed by atoms with Crippen LogP contribution >= 0.6 is 15.9 Å². The molecular weight excluding hydrogens is 254 g/mol. The van der Waals surface area contributed by atoms with Crippen LogP contribution in [0.25, 0.3) is 0 Å². The maximum atomic E-state index is 5.72. The zero-order chi connectivity index (χ0) is 10.8. The highest BCUT2D eigenvalue weighted by molar-refractivity contribution is 9.10. The topological polar surface area (TPSA) is 12.5 Å². The quantitative estimate of drug-likeness (QED) is 0.777. The van der Waals surface area contributed by atoms with Crippen LogP contribution in [0.4, 0.5) is 5.69 Å². The molecule has 0 saturated carbocycles. The van der Waals surface area contributed by atoms with Crippen molar-refractivity contribution >= 4 is 21.6 Å². The van der Waals surface area contributed by atoms with Crippen LogP contribution in [0.5, 0.6) is 0 Å². The van der Waals surface area contributed by atoms with E-state index < -0.39 is 0 Å². The van der Waals surface area contributed by atoms with Gasteiger partial charge in [0.25, 0.3) is 0 Å². The second-order valence-electron chi connectivity index (χ2n) is 4.11. The van der Waals surface area contributed by atoms with Gasteiger partial charge in [0.05, 0.1) is 17.9 Å². The number of anilines is 1. The van der Waals surface area contributed by atoms with Gasteiger partial charge < -0.3 is 9.64 Å². The molecule has 0 unspecified atom stereocenters. The van der Waals surface area contributed by atoms with Crippen molar-refractivity contribution in [3.63, 3.8) is 0 Å². The van der Waals surface area contributed by atoms with Gasteiger partial charge in [-0.05, 0) is 41.9 Å². The van der Waals surface area contributed by atoms with Gasteiger partial charge in [0.2, 0.25) is 0 Å². The summed E-state index contributed by atoms with van der Waals surface area (Å²) < 4.78 is 6.88. The summed E-state index contributed by atoms with van der Waals surface area (Å²) in [5.74, 6) is 0. The number of nitrogens with zero attached hydrogens (tertiary/aromatic N) is 1. The summed E-state index contributed by atoms with van der Waals surface area (Å²) >= 11 is 3.59. The van der Waals surface area contributed by atoms with E-state index in [1.165, 1.54) is 5.69 Å². The second kappa shape index (κ2) is 4.54. The summed E-state index contributed by atoms with van der Waals surface area (Å²) in [4.78, 5) is 2.38. The van der Waals surface area contributed by atoms with Crippen molar-refractivity contribution in [3.05, 3.63) is 28.7 Å². The van der Waals surface area contributed by atoms with Gasteiger partial charge in [-0.3, -0.25) is 0 Å². The van der Waals surface area contributed by atoms with Crippen molar-refractivity contribution < 1.29 is 4.74 Å². The molecule has 1 aromatic rings. The molecule has 3 heteroatoms. The van der Waals surface area contributed by atoms with E-state index in [0.717, 1.165) is 17.6 Å². The molecule has 1 heterocycles. The molecule has 0 spiro atoms. The second-order valence-corrected chi connectivity index (χ2v) is 4.97. The lowest BCUT2D eigenvalue weighted by molar-refractivity contribution is -0.00525. The SMILES string of the molecule is C[C@@H]1CN(c2ccccc2Br)C[C@H](C)O1. The average molecular weight is 270 g/mol. The molecule has 1 aliphatic rings. The van der Waals surface area contributed by atoms with Gasteiger partial charge in [0.15, 0.2) is 0 Å². The predicted octanol–water partition coefficient (Wildman–Crippen LogP) is 3.06. The summed E-state index contributed by atoms with van der Waals surface area (Å²) in [6.45, 7) is 6.18. The van der Waals surface area contributed by atoms with E-state index in [1.807, 2.05) is 6.07 Å². The van der Waals surface area contributed by atoms with Gasteiger partial charge in [0, 0.05) is 17.6 Å². The molecular formula is C12H16BrNO. The molecule has 0 N–H and O–H groups in total. The molecule has 2 nitrogen and oxygen atoms in total. The van der Waals surface area contributed by atoms with E-state index in [9.17, 15) is 0 Å². The summed E-state index contributed by atoms with van der Waals surface area (Å²) in [5, 5.41) is 0. The summed E-state index contributed by atoms with van der Waals surface area (Å²) in [5.41, 5.74) is 1.26. The average Bonchev–Trinajstić information content (AvgIpc) is 2.16. The smallest absolute Gasteiger partial charge is 0.0726 e. The highest BCUT2D eigenvalue weighted by atomic mass is 79.9. The first-order valence-corrected chi connectivity index (χ1v) is 6.11. The number of ether oxygens (including phenoxy) is 1. The first-order chi connectivity index (χ1) is 7.16. The van der Waals surface area contributed by atoms with Crippen molar-refractivity contribution in [2.75, 3.05) is 18.0 Å². The Labute approximate surface area is 99.4 Å². The minimum atomic E-state index is 0.306. The first-order valence-electron chi connectivity index (χ1n) is 5.31. The third-order valence-corrected chi connectivity index (χ3v) is 3.28.